The van der Waals surface area contributed by atoms with Gasteiger partial charge in [-0.05, 0) is 20.8 Å². The molecule has 8 nitrogen and oxygen atoms in total. The first kappa shape index (κ1) is 27.6. The summed E-state index contributed by atoms with van der Waals surface area (Å²) >= 11 is 0. The van der Waals surface area contributed by atoms with Crippen molar-refractivity contribution in [1.29, 1.82) is 0 Å². The van der Waals surface area contributed by atoms with Gasteiger partial charge in [0, 0.05) is 65.8 Å². The van der Waals surface area contributed by atoms with Crippen LogP contribution in [-0.2, 0) is 52.4 Å². The van der Waals surface area contributed by atoms with Crippen molar-refractivity contribution in [3.05, 3.63) is 7.43 Å². The molecule has 1 rings (SSSR count). The van der Waals surface area contributed by atoms with Crippen LogP contribution in [0.25, 0.3) is 0 Å². The van der Waals surface area contributed by atoms with Gasteiger partial charge in [0.15, 0.2) is 0 Å². The zero-order chi connectivity index (χ0) is 16.8. The van der Waals surface area contributed by atoms with E-state index in [9.17, 15) is 18.0 Å². The Bertz CT molecular complexity index is 459. The number of carbonyl (C=O) groups is 2. The first-order valence-corrected chi connectivity index (χ1v) is 8.30. The predicted octanol–water partition coefficient (Wildman–Crippen LogP) is 1.04. The fraction of sp³-hybridized carbons (Fsp3) is 0.769. The summed E-state index contributed by atoms with van der Waals surface area (Å²) < 4.78 is 31.1. The van der Waals surface area contributed by atoms with Gasteiger partial charge in [0.05, 0.1) is 6.26 Å². The number of piperazine rings is 1. The van der Waals surface area contributed by atoms with E-state index in [1.165, 1.54) is 0 Å². The summed E-state index contributed by atoms with van der Waals surface area (Å²) in [7, 11) is -3.67. The maximum absolute atomic E-state index is 11.7. The van der Waals surface area contributed by atoms with Gasteiger partial charge in [-0.3, -0.25) is 9.35 Å². The first-order chi connectivity index (χ1) is 9.29. The topological polar surface area (TPSA) is 104 Å². The van der Waals surface area contributed by atoms with E-state index < -0.39 is 15.7 Å². The molecular formula is C13H27N2O6SY-. The van der Waals surface area contributed by atoms with E-state index in [1.807, 2.05) is 20.8 Å². The number of ether oxygens (including phenoxy) is 1. The van der Waals surface area contributed by atoms with Crippen molar-refractivity contribution in [2.45, 2.75) is 33.3 Å². The van der Waals surface area contributed by atoms with Crippen molar-refractivity contribution in [1.82, 2.24) is 9.80 Å². The number of hydrogen-bond acceptors (Lipinski definition) is 5. The Hall–Kier alpha value is -0.246. The van der Waals surface area contributed by atoms with E-state index in [2.05, 4.69) is 0 Å². The standard InChI is InChI=1S/C11H20N2O3.CH4O3S.CH3.Y/c1-9(14)12-5-7-13(8-6-12)10(15)16-11(2,3)4;1-5(2,3)4;;/h5-8H2,1-4H3;1H3,(H,2,3,4);1H3;/q;;-1;. The summed E-state index contributed by atoms with van der Waals surface area (Å²) in [6, 6.07) is 0. The Morgan fingerprint density at radius 3 is 1.61 bits per heavy atom. The van der Waals surface area contributed by atoms with Crippen molar-refractivity contribution < 1.29 is 60.0 Å². The van der Waals surface area contributed by atoms with E-state index in [0.29, 0.717) is 32.4 Å². The molecule has 0 spiro atoms. The fourth-order valence-corrected chi connectivity index (χ4v) is 1.53. The van der Waals surface area contributed by atoms with Gasteiger partial charge >= 0.3 is 6.09 Å². The zero-order valence-electron chi connectivity index (χ0n) is 14.7. The van der Waals surface area contributed by atoms with Gasteiger partial charge < -0.3 is 22.0 Å². The van der Waals surface area contributed by atoms with Crippen molar-refractivity contribution >= 4 is 22.1 Å². The van der Waals surface area contributed by atoms with Crippen LogP contribution in [0.1, 0.15) is 27.7 Å². The van der Waals surface area contributed by atoms with Crippen molar-refractivity contribution in [2.75, 3.05) is 32.4 Å². The summed E-state index contributed by atoms with van der Waals surface area (Å²) in [5, 5.41) is 0. The predicted molar refractivity (Wildman–Crippen MR) is 83.9 cm³/mol. The van der Waals surface area contributed by atoms with Crippen LogP contribution in [0.15, 0.2) is 0 Å². The van der Waals surface area contributed by atoms with E-state index in [-0.39, 0.29) is 52.1 Å². The minimum absolute atomic E-state index is 0. The quantitative estimate of drug-likeness (QED) is 0.457. The third kappa shape index (κ3) is 16.4. The van der Waals surface area contributed by atoms with Crippen molar-refractivity contribution in [3.63, 3.8) is 0 Å². The molecule has 0 saturated carbocycles. The molecule has 10 heteroatoms. The molecule has 1 aliphatic rings. The second-order valence-corrected chi connectivity index (χ2v) is 7.17. The third-order valence-electron chi connectivity index (χ3n) is 2.38. The van der Waals surface area contributed by atoms with Crippen LogP contribution in [-0.4, -0.2) is 72.8 Å². The van der Waals surface area contributed by atoms with Gasteiger partial charge in [-0.2, -0.15) is 8.42 Å². The average Bonchev–Trinajstić information content (AvgIpc) is 2.24. The number of carbonyl (C=O) groups excluding carboxylic acids is 2. The Morgan fingerprint density at radius 1 is 1.04 bits per heavy atom. The van der Waals surface area contributed by atoms with E-state index in [4.69, 9.17) is 9.29 Å². The minimum Gasteiger partial charge on any atom is -0.444 e. The van der Waals surface area contributed by atoms with E-state index in [1.54, 1.807) is 16.7 Å². The van der Waals surface area contributed by atoms with E-state index >= 15 is 0 Å². The van der Waals surface area contributed by atoms with Gasteiger partial charge in [0.2, 0.25) is 5.91 Å². The number of amides is 2. The normalized spacial score (nSPS) is 14.5. The Balaban J connectivity index is -0.000000502. The van der Waals surface area contributed by atoms with Gasteiger partial charge in [0.1, 0.15) is 5.60 Å². The number of nitrogens with zero attached hydrogens (tertiary/aromatic N) is 2. The largest absolute Gasteiger partial charge is 0.444 e. The van der Waals surface area contributed by atoms with Crippen LogP contribution in [0.2, 0.25) is 0 Å². The van der Waals surface area contributed by atoms with Crippen LogP contribution in [0.5, 0.6) is 0 Å². The molecule has 0 unspecified atom stereocenters. The molecule has 1 heterocycles. The third-order valence-corrected chi connectivity index (χ3v) is 2.38. The fourth-order valence-electron chi connectivity index (χ4n) is 1.53. The molecule has 1 aliphatic heterocycles. The molecular weight excluding hydrogens is 401 g/mol. The van der Waals surface area contributed by atoms with Gasteiger partial charge in [-0.1, -0.05) is 0 Å². The van der Waals surface area contributed by atoms with Crippen LogP contribution in [0, 0.1) is 7.43 Å². The second-order valence-electron chi connectivity index (χ2n) is 5.71. The first-order valence-electron chi connectivity index (χ1n) is 6.45. The summed E-state index contributed by atoms with van der Waals surface area (Å²) in [6.45, 7) is 9.36. The summed E-state index contributed by atoms with van der Waals surface area (Å²) in [4.78, 5) is 26.2. The molecule has 0 aromatic rings. The van der Waals surface area contributed by atoms with Crippen molar-refractivity contribution in [2.24, 2.45) is 0 Å². The maximum Gasteiger partial charge on any atom is 0.410 e. The Kier molecular flexibility index (Phi) is 13.6. The van der Waals surface area contributed by atoms with Crippen LogP contribution >= 0.6 is 0 Å². The smallest absolute Gasteiger partial charge is 0.410 e. The molecule has 135 valence electrons. The van der Waals surface area contributed by atoms with Crippen LogP contribution < -0.4 is 0 Å². The molecule has 1 saturated heterocycles. The van der Waals surface area contributed by atoms with Gasteiger partial charge in [-0.15, -0.1) is 0 Å². The number of rotatable bonds is 0. The van der Waals surface area contributed by atoms with Gasteiger partial charge in [-0.25, -0.2) is 4.79 Å². The Labute approximate surface area is 164 Å². The van der Waals surface area contributed by atoms with Crippen LogP contribution in [0.4, 0.5) is 4.79 Å². The van der Waals surface area contributed by atoms with Crippen LogP contribution in [0.3, 0.4) is 0 Å². The molecule has 0 aliphatic carbocycles. The van der Waals surface area contributed by atoms with Crippen molar-refractivity contribution in [3.8, 4) is 0 Å². The SMILES string of the molecule is CC(=O)N1CCN(C(=O)OC(C)(C)C)CC1.CS(=O)(=O)O.[CH3-].[Y]. The second kappa shape index (κ2) is 11.3. The summed E-state index contributed by atoms with van der Waals surface area (Å²) in [5.74, 6) is 0.0591. The molecule has 0 aromatic heterocycles. The maximum atomic E-state index is 11.7. The monoisotopic (exact) mass is 428 g/mol. The molecule has 0 bridgehead atoms. The average molecular weight is 428 g/mol. The molecule has 1 fully saturated rings. The summed E-state index contributed by atoms with van der Waals surface area (Å²) in [5.41, 5.74) is -0.463. The Morgan fingerprint density at radius 2 is 1.35 bits per heavy atom. The number of hydrogen-bond donors (Lipinski definition) is 1. The molecule has 2 amide bonds. The molecule has 1 radical (unpaired) electrons. The molecule has 23 heavy (non-hydrogen) atoms. The molecule has 0 atom stereocenters. The minimum atomic E-state index is -3.67. The zero-order valence-corrected chi connectivity index (χ0v) is 18.4. The summed E-state index contributed by atoms with van der Waals surface area (Å²) in [6.07, 6.45) is 0.420. The molecule has 0 aromatic carbocycles. The van der Waals surface area contributed by atoms with E-state index in [0.717, 1.165) is 0 Å². The molecule has 1 N–H and O–H groups in total. The van der Waals surface area contributed by atoms with Gasteiger partial charge in [0.25, 0.3) is 10.1 Å².